The zero-order valence-electron chi connectivity index (χ0n) is 11.5. The lowest BCUT2D eigenvalue weighted by Gasteiger charge is -2.06. The van der Waals surface area contributed by atoms with Crippen LogP contribution in [-0.2, 0) is 6.54 Å². The Kier molecular flexibility index (Phi) is 4.71. The van der Waals surface area contributed by atoms with Gasteiger partial charge in [-0.05, 0) is 46.9 Å². The molecule has 0 radical (unpaired) electrons. The Morgan fingerprint density at radius 2 is 2.16 bits per heavy atom. The minimum Gasteiger partial charge on any atom is -0.311 e. The summed E-state index contributed by atoms with van der Waals surface area (Å²) in [5.41, 5.74) is 3.16. The van der Waals surface area contributed by atoms with E-state index in [4.69, 9.17) is 0 Å². The van der Waals surface area contributed by atoms with Gasteiger partial charge in [0, 0.05) is 11.0 Å². The summed E-state index contributed by atoms with van der Waals surface area (Å²) in [5.74, 6) is 0.640. The molecule has 0 fully saturated rings. The van der Waals surface area contributed by atoms with Gasteiger partial charge in [0.05, 0.1) is 17.6 Å². The van der Waals surface area contributed by atoms with Crippen molar-refractivity contribution in [2.75, 3.05) is 6.54 Å². The van der Waals surface area contributed by atoms with Gasteiger partial charge in [-0.25, -0.2) is 4.68 Å². The minimum atomic E-state index is 0.640. The van der Waals surface area contributed by atoms with Gasteiger partial charge in [-0.15, -0.1) is 5.10 Å². The molecule has 1 aromatic carbocycles. The lowest BCUT2D eigenvalue weighted by Crippen LogP contribution is -2.19. The normalized spacial score (nSPS) is 11.2. The first-order chi connectivity index (χ1) is 9.08. The number of nitrogens with one attached hydrogen (secondary N) is 1. The zero-order chi connectivity index (χ0) is 13.8. The highest BCUT2D eigenvalue weighted by molar-refractivity contribution is 9.10. The fraction of sp³-hybridized carbons (Fsp3) is 0.429. The fourth-order valence-corrected chi connectivity index (χ4v) is 2.24. The van der Waals surface area contributed by atoms with Crippen LogP contribution in [0.1, 0.15) is 25.1 Å². The second kappa shape index (κ2) is 6.30. The Hall–Kier alpha value is -1.20. The average molecular weight is 323 g/mol. The summed E-state index contributed by atoms with van der Waals surface area (Å²) in [6.07, 6.45) is 1.97. The molecule has 2 aromatic rings. The number of aryl methyl sites for hydroxylation is 1. The van der Waals surface area contributed by atoms with Crippen LogP contribution in [0.5, 0.6) is 0 Å². The summed E-state index contributed by atoms with van der Waals surface area (Å²) in [6, 6.07) is 6.11. The van der Waals surface area contributed by atoms with Crippen LogP contribution >= 0.6 is 15.9 Å². The van der Waals surface area contributed by atoms with Crippen LogP contribution in [0.15, 0.2) is 28.9 Å². The van der Waals surface area contributed by atoms with Crippen molar-refractivity contribution >= 4 is 15.9 Å². The predicted molar refractivity (Wildman–Crippen MR) is 80.3 cm³/mol. The first-order valence-corrected chi connectivity index (χ1v) is 7.24. The minimum absolute atomic E-state index is 0.640. The van der Waals surface area contributed by atoms with Crippen LogP contribution in [0.4, 0.5) is 0 Å². The van der Waals surface area contributed by atoms with E-state index in [0.717, 1.165) is 28.9 Å². The Morgan fingerprint density at radius 3 is 2.89 bits per heavy atom. The van der Waals surface area contributed by atoms with E-state index in [1.807, 2.05) is 23.0 Å². The van der Waals surface area contributed by atoms with E-state index in [1.54, 1.807) is 0 Å². The van der Waals surface area contributed by atoms with E-state index in [-0.39, 0.29) is 0 Å². The molecular formula is C14H19BrN4. The van der Waals surface area contributed by atoms with Crippen molar-refractivity contribution < 1.29 is 0 Å². The van der Waals surface area contributed by atoms with Gasteiger partial charge < -0.3 is 5.32 Å². The number of hydrogen-bond acceptors (Lipinski definition) is 3. The summed E-state index contributed by atoms with van der Waals surface area (Å²) >= 11 is 3.59. The predicted octanol–water partition coefficient (Wildman–Crippen LogP) is 3.08. The Bertz CT molecular complexity index is 548. The molecule has 0 spiro atoms. The van der Waals surface area contributed by atoms with Crippen LogP contribution in [0.25, 0.3) is 5.69 Å². The van der Waals surface area contributed by atoms with Gasteiger partial charge in [0.25, 0.3) is 0 Å². The molecule has 0 saturated carbocycles. The van der Waals surface area contributed by atoms with Crippen LogP contribution in [0, 0.1) is 12.8 Å². The highest BCUT2D eigenvalue weighted by Crippen LogP contribution is 2.23. The van der Waals surface area contributed by atoms with Gasteiger partial charge in [-0.3, -0.25) is 0 Å². The third-order valence-electron chi connectivity index (χ3n) is 2.82. The maximum Gasteiger partial charge on any atom is 0.0969 e. The van der Waals surface area contributed by atoms with Crippen molar-refractivity contribution in [2.45, 2.75) is 27.3 Å². The summed E-state index contributed by atoms with van der Waals surface area (Å²) in [5, 5.41) is 11.7. The Morgan fingerprint density at radius 1 is 1.37 bits per heavy atom. The van der Waals surface area contributed by atoms with Crippen molar-refractivity contribution in [2.24, 2.45) is 5.92 Å². The molecule has 0 saturated heterocycles. The van der Waals surface area contributed by atoms with Gasteiger partial charge in [0.1, 0.15) is 0 Å². The van der Waals surface area contributed by atoms with Crippen LogP contribution in [-0.4, -0.2) is 21.5 Å². The van der Waals surface area contributed by atoms with E-state index in [9.17, 15) is 0 Å². The van der Waals surface area contributed by atoms with E-state index in [0.29, 0.717) is 5.92 Å². The van der Waals surface area contributed by atoms with Gasteiger partial charge in [-0.2, -0.15) is 0 Å². The third kappa shape index (κ3) is 3.64. The maximum absolute atomic E-state index is 4.19. The second-order valence-corrected chi connectivity index (χ2v) is 5.88. The highest BCUT2D eigenvalue weighted by Gasteiger charge is 2.07. The summed E-state index contributed by atoms with van der Waals surface area (Å²) in [6.45, 7) is 8.18. The molecule has 1 N–H and O–H groups in total. The molecule has 0 bridgehead atoms. The molecule has 0 aliphatic carbocycles. The number of nitrogens with zero attached hydrogens (tertiary/aromatic N) is 3. The fourth-order valence-electron chi connectivity index (χ4n) is 1.79. The third-order valence-corrected chi connectivity index (χ3v) is 3.85. The largest absolute Gasteiger partial charge is 0.311 e. The van der Waals surface area contributed by atoms with Crippen LogP contribution in [0.2, 0.25) is 0 Å². The van der Waals surface area contributed by atoms with Gasteiger partial charge in [0.15, 0.2) is 0 Å². The molecule has 2 rings (SSSR count). The molecular weight excluding hydrogens is 304 g/mol. The molecule has 19 heavy (non-hydrogen) atoms. The summed E-state index contributed by atoms with van der Waals surface area (Å²) in [7, 11) is 0. The molecule has 1 aromatic heterocycles. The van der Waals surface area contributed by atoms with Crippen molar-refractivity contribution in [3.8, 4) is 5.69 Å². The molecule has 0 aliphatic rings. The van der Waals surface area contributed by atoms with Gasteiger partial charge >= 0.3 is 0 Å². The molecule has 4 nitrogen and oxygen atoms in total. The van der Waals surface area contributed by atoms with E-state index < -0.39 is 0 Å². The number of aromatic nitrogens is 3. The Labute approximate surface area is 122 Å². The van der Waals surface area contributed by atoms with Crippen molar-refractivity contribution in [3.05, 3.63) is 40.1 Å². The molecule has 0 amide bonds. The monoisotopic (exact) mass is 322 g/mol. The number of rotatable bonds is 5. The zero-order valence-corrected chi connectivity index (χ0v) is 13.1. The van der Waals surface area contributed by atoms with Crippen LogP contribution in [0.3, 0.4) is 0 Å². The second-order valence-electron chi connectivity index (χ2n) is 5.09. The van der Waals surface area contributed by atoms with Crippen molar-refractivity contribution in [1.29, 1.82) is 0 Å². The molecule has 5 heteroatoms. The van der Waals surface area contributed by atoms with E-state index in [1.165, 1.54) is 5.56 Å². The molecule has 1 heterocycles. The summed E-state index contributed by atoms with van der Waals surface area (Å²) in [4.78, 5) is 0. The Balaban J connectivity index is 2.10. The maximum atomic E-state index is 4.19. The van der Waals surface area contributed by atoms with Gasteiger partial charge in [-0.1, -0.05) is 31.2 Å². The first kappa shape index (κ1) is 14.2. The lowest BCUT2D eigenvalue weighted by atomic mass is 10.2. The molecule has 0 unspecified atom stereocenters. The molecule has 0 atom stereocenters. The number of benzene rings is 1. The quantitative estimate of drug-likeness (QED) is 0.919. The smallest absolute Gasteiger partial charge is 0.0969 e. The topological polar surface area (TPSA) is 42.7 Å². The van der Waals surface area contributed by atoms with Crippen LogP contribution < -0.4 is 5.32 Å². The standard InChI is InChI=1S/C14H19BrN4/c1-10(2)7-16-8-12-9-19(18-17-12)13-6-4-5-11(3)14(13)15/h4-6,9-10,16H,7-8H2,1-3H3. The highest BCUT2D eigenvalue weighted by atomic mass is 79.9. The SMILES string of the molecule is Cc1cccc(-n2cc(CNCC(C)C)nn2)c1Br. The van der Waals surface area contributed by atoms with E-state index in [2.05, 4.69) is 58.4 Å². The molecule has 0 aliphatic heterocycles. The van der Waals surface area contributed by atoms with Crippen molar-refractivity contribution in [1.82, 2.24) is 20.3 Å². The lowest BCUT2D eigenvalue weighted by molar-refractivity contribution is 0.548. The first-order valence-electron chi connectivity index (χ1n) is 6.45. The van der Waals surface area contributed by atoms with Gasteiger partial charge in [0.2, 0.25) is 0 Å². The number of hydrogen-bond donors (Lipinski definition) is 1. The van der Waals surface area contributed by atoms with Crippen molar-refractivity contribution in [3.63, 3.8) is 0 Å². The van der Waals surface area contributed by atoms with E-state index >= 15 is 0 Å². The summed E-state index contributed by atoms with van der Waals surface area (Å²) < 4.78 is 2.87. The number of halogens is 1. The molecule has 102 valence electrons. The average Bonchev–Trinajstić information content (AvgIpc) is 2.81.